The zero-order chi connectivity index (χ0) is 13.2. The molecule has 0 fully saturated rings. The zero-order valence-electron chi connectivity index (χ0n) is 10.8. The summed E-state index contributed by atoms with van der Waals surface area (Å²) in [5.41, 5.74) is 3.03. The molecule has 4 nitrogen and oxygen atoms in total. The number of aromatic nitrogens is 1. The summed E-state index contributed by atoms with van der Waals surface area (Å²) < 4.78 is 5.22. The van der Waals surface area contributed by atoms with E-state index in [0.717, 1.165) is 35.5 Å². The van der Waals surface area contributed by atoms with Gasteiger partial charge in [0.2, 0.25) is 0 Å². The maximum atomic E-state index is 10.5. The number of fused-ring (bicyclic) bond motifs is 1. The Labute approximate surface area is 112 Å². The average Bonchev–Trinajstić information content (AvgIpc) is 2.48. The van der Waals surface area contributed by atoms with E-state index in [-0.39, 0.29) is 0 Å². The number of ether oxygens (including phenoxy) is 1. The molecule has 98 valence electrons. The van der Waals surface area contributed by atoms with Crippen molar-refractivity contribution in [2.45, 2.75) is 12.6 Å². The van der Waals surface area contributed by atoms with E-state index in [1.807, 2.05) is 35.2 Å². The number of pyridine rings is 1. The first-order valence-corrected chi connectivity index (χ1v) is 6.31. The fourth-order valence-electron chi connectivity index (χ4n) is 2.50. The molecule has 0 spiro atoms. The molecule has 4 heteroatoms. The van der Waals surface area contributed by atoms with Crippen molar-refractivity contribution in [3.05, 3.63) is 53.9 Å². The van der Waals surface area contributed by atoms with E-state index in [4.69, 9.17) is 4.74 Å². The Bertz CT molecular complexity index is 572. The molecule has 0 amide bonds. The summed E-state index contributed by atoms with van der Waals surface area (Å²) in [4.78, 5) is 6.07. The van der Waals surface area contributed by atoms with Gasteiger partial charge in [-0.3, -0.25) is 4.98 Å². The fraction of sp³-hybridized carbons (Fsp3) is 0.267. The number of hydrogen-bond donors (Lipinski definition) is 1. The lowest BCUT2D eigenvalue weighted by Gasteiger charge is -2.35. The summed E-state index contributed by atoms with van der Waals surface area (Å²) in [7, 11) is 1.66. The zero-order valence-corrected chi connectivity index (χ0v) is 10.8. The van der Waals surface area contributed by atoms with Crippen LogP contribution >= 0.6 is 0 Å². The summed E-state index contributed by atoms with van der Waals surface area (Å²) in [5.74, 6) is 0.834. The van der Waals surface area contributed by atoms with Gasteiger partial charge in [-0.2, -0.15) is 0 Å². The lowest BCUT2D eigenvalue weighted by Crippen LogP contribution is -2.35. The van der Waals surface area contributed by atoms with Crippen LogP contribution in [0.25, 0.3) is 0 Å². The standard InChI is InChI=1S/C15H16N2O2/c1-19-13-4-5-14-11(9-13)6-8-17(15(14)18)12-3-2-7-16-10-12/h2-5,7,9-10,15,18H,6,8H2,1H3. The number of rotatable bonds is 2. The molecule has 1 N–H and O–H groups in total. The third kappa shape index (κ3) is 2.15. The number of anilines is 1. The summed E-state index contributed by atoms with van der Waals surface area (Å²) >= 11 is 0. The van der Waals surface area contributed by atoms with Crippen molar-refractivity contribution in [3.63, 3.8) is 0 Å². The number of aliphatic hydroxyl groups is 1. The topological polar surface area (TPSA) is 45.6 Å². The molecule has 1 atom stereocenters. The van der Waals surface area contributed by atoms with E-state index in [1.165, 1.54) is 0 Å². The maximum absolute atomic E-state index is 10.5. The summed E-state index contributed by atoms with van der Waals surface area (Å²) in [6, 6.07) is 9.66. The number of nitrogens with zero attached hydrogens (tertiary/aromatic N) is 2. The van der Waals surface area contributed by atoms with Gasteiger partial charge in [0.25, 0.3) is 0 Å². The molecular formula is C15H16N2O2. The Kier molecular flexibility index (Phi) is 3.09. The van der Waals surface area contributed by atoms with Crippen LogP contribution in [0.2, 0.25) is 0 Å². The number of hydrogen-bond acceptors (Lipinski definition) is 4. The predicted octanol–water partition coefficient (Wildman–Crippen LogP) is 2.14. The number of benzene rings is 1. The first-order valence-electron chi connectivity index (χ1n) is 6.31. The first kappa shape index (κ1) is 12.0. The van der Waals surface area contributed by atoms with Gasteiger partial charge < -0.3 is 14.7 Å². The van der Waals surface area contributed by atoms with Crippen molar-refractivity contribution < 1.29 is 9.84 Å². The second-order valence-corrected chi connectivity index (χ2v) is 4.59. The SMILES string of the molecule is COc1ccc2c(c1)CCN(c1cccnc1)C2O. The average molecular weight is 256 g/mol. The molecule has 1 aliphatic rings. The molecule has 1 aliphatic heterocycles. The van der Waals surface area contributed by atoms with Crippen LogP contribution in [0.4, 0.5) is 5.69 Å². The monoisotopic (exact) mass is 256 g/mol. The normalized spacial score (nSPS) is 18.0. The highest BCUT2D eigenvalue weighted by atomic mass is 16.5. The fourth-order valence-corrected chi connectivity index (χ4v) is 2.50. The summed E-state index contributed by atoms with van der Waals surface area (Å²) in [6.45, 7) is 0.771. The van der Waals surface area contributed by atoms with E-state index in [9.17, 15) is 5.11 Å². The molecule has 0 radical (unpaired) electrons. The summed E-state index contributed by atoms with van der Waals surface area (Å²) in [6.07, 6.45) is 3.77. The van der Waals surface area contributed by atoms with Crippen LogP contribution in [0.1, 0.15) is 17.4 Å². The Morgan fingerprint density at radius 3 is 3.00 bits per heavy atom. The van der Waals surface area contributed by atoms with Crippen LogP contribution < -0.4 is 9.64 Å². The van der Waals surface area contributed by atoms with Gasteiger partial charge in [-0.15, -0.1) is 0 Å². The molecule has 0 bridgehead atoms. The van der Waals surface area contributed by atoms with Crippen LogP contribution in [-0.2, 0) is 6.42 Å². The van der Waals surface area contributed by atoms with Crippen LogP contribution in [0.5, 0.6) is 5.75 Å². The van der Waals surface area contributed by atoms with E-state index < -0.39 is 6.23 Å². The van der Waals surface area contributed by atoms with Crippen molar-refractivity contribution in [1.29, 1.82) is 0 Å². The minimum atomic E-state index is -0.626. The molecule has 0 aliphatic carbocycles. The van der Waals surface area contributed by atoms with Gasteiger partial charge in [0.1, 0.15) is 5.75 Å². The molecule has 2 aromatic rings. The molecule has 3 rings (SSSR count). The highest BCUT2D eigenvalue weighted by molar-refractivity contribution is 5.50. The second kappa shape index (κ2) is 4.90. The van der Waals surface area contributed by atoms with E-state index in [2.05, 4.69) is 4.98 Å². The number of methoxy groups -OCH3 is 1. The largest absolute Gasteiger partial charge is 0.497 e. The van der Waals surface area contributed by atoms with E-state index in [1.54, 1.807) is 19.5 Å². The van der Waals surface area contributed by atoms with Crippen LogP contribution in [0, 0.1) is 0 Å². The van der Waals surface area contributed by atoms with Crippen molar-refractivity contribution in [2.75, 3.05) is 18.6 Å². The Morgan fingerprint density at radius 1 is 1.37 bits per heavy atom. The molecule has 19 heavy (non-hydrogen) atoms. The highest BCUT2D eigenvalue weighted by Gasteiger charge is 2.25. The van der Waals surface area contributed by atoms with E-state index >= 15 is 0 Å². The van der Waals surface area contributed by atoms with Crippen LogP contribution in [0.3, 0.4) is 0 Å². The van der Waals surface area contributed by atoms with Crippen molar-refractivity contribution >= 4 is 5.69 Å². The van der Waals surface area contributed by atoms with Crippen LogP contribution in [0.15, 0.2) is 42.7 Å². The Morgan fingerprint density at radius 2 is 2.26 bits per heavy atom. The smallest absolute Gasteiger partial charge is 0.153 e. The van der Waals surface area contributed by atoms with Crippen molar-refractivity contribution in [3.8, 4) is 5.75 Å². The maximum Gasteiger partial charge on any atom is 0.153 e. The molecule has 1 unspecified atom stereocenters. The summed E-state index contributed by atoms with van der Waals surface area (Å²) in [5, 5.41) is 10.5. The van der Waals surface area contributed by atoms with Crippen molar-refractivity contribution in [2.24, 2.45) is 0 Å². The minimum absolute atomic E-state index is 0.626. The lowest BCUT2D eigenvalue weighted by atomic mass is 9.97. The molecule has 1 aromatic carbocycles. The van der Waals surface area contributed by atoms with Gasteiger partial charge in [0.15, 0.2) is 6.23 Å². The molecule has 0 saturated carbocycles. The molecular weight excluding hydrogens is 240 g/mol. The van der Waals surface area contributed by atoms with Crippen LogP contribution in [-0.4, -0.2) is 23.7 Å². The van der Waals surface area contributed by atoms with E-state index in [0.29, 0.717) is 0 Å². The first-order chi connectivity index (χ1) is 9.29. The Hall–Kier alpha value is -2.07. The predicted molar refractivity (Wildman–Crippen MR) is 73.2 cm³/mol. The van der Waals surface area contributed by atoms with Gasteiger partial charge in [-0.1, -0.05) is 6.07 Å². The quantitative estimate of drug-likeness (QED) is 0.894. The second-order valence-electron chi connectivity index (χ2n) is 4.59. The highest BCUT2D eigenvalue weighted by Crippen LogP contribution is 2.33. The third-order valence-corrected chi connectivity index (χ3v) is 3.52. The lowest BCUT2D eigenvalue weighted by molar-refractivity contribution is 0.164. The van der Waals surface area contributed by atoms with Crippen molar-refractivity contribution in [1.82, 2.24) is 4.98 Å². The molecule has 2 heterocycles. The minimum Gasteiger partial charge on any atom is -0.497 e. The van der Waals surface area contributed by atoms with Gasteiger partial charge in [0.05, 0.1) is 19.0 Å². The Balaban J connectivity index is 1.94. The number of aliphatic hydroxyl groups excluding tert-OH is 1. The van der Waals surface area contributed by atoms with Gasteiger partial charge in [0, 0.05) is 18.3 Å². The third-order valence-electron chi connectivity index (χ3n) is 3.52. The van der Waals surface area contributed by atoms with Gasteiger partial charge in [-0.05, 0) is 36.2 Å². The molecule has 0 saturated heterocycles. The van der Waals surface area contributed by atoms with Gasteiger partial charge >= 0.3 is 0 Å². The molecule has 1 aromatic heterocycles. The van der Waals surface area contributed by atoms with Gasteiger partial charge in [-0.25, -0.2) is 0 Å².